The monoisotopic (exact) mass is 427 g/mol. The lowest BCUT2D eigenvalue weighted by Gasteiger charge is -2.32. The average molecular weight is 428 g/mol. The third-order valence-electron chi connectivity index (χ3n) is 4.98. The minimum atomic E-state index is -0.234. The van der Waals surface area contributed by atoms with Crippen LogP contribution < -0.4 is 5.32 Å². The van der Waals surface area contributed by atoms with Gasteiger partial charge in [-0.1, -0.05) is 35.9 Å². The van der Waals surface area contributed by atoms with E-state index < -0.39 is 0 Å². The smallest absolute Gasteiger partial charge is 0.318 e. The van der Waals surface area contributed by atoms with E-state index in [4.69, 9.17) is 16.9 Å². The number of nitrogens with one attached hydrogen (secondary N) is 2. The number of nitriles is 1. The number of carbonyl (C=O) groups excluding carboxylic acids is 1. The molecule has 8 heteroatoms. The van der Waals surface area contributed by atoms with Crippen LogP contribution in [0.2, 0.25) is 5.02 Å². The van der Waals surface area contributed by atoms with Gasteiger partial charge in [0.15, 0.2) is 0 Å². The third kappa shape index (κ3) is 4.37. The van der Waals surface area contributed by atoms with Gasteiger partial charge in [-0.3, -0.25) is 0 Å². The van der Waals surface area contributed by atoms with Crippen molar-refractivity contribution in [2.75, 3.05) is 6.54 Å². The molecular formula is C21H19Cl2N5O. The highest BCUT2D eigenvalue weighted by molar-refractivity contribution is 6.30. The Morgan fingerprint density at radius 3 is 2.72 bits per heavy atom. The molecule has 0 bridgehead atoms. The molecule has 0 saturated carbocycles. The number of aromatic nitrogens is 2. The molecule has 0 spiro atoms. The zero-order chi connectivity index (χ0) is 19.5. The first kappa shape index (κ1) is 20.7. The second kappa shape index (κ2) is 8.99. The lowest BCUT2D eigenvalue weighted by atomic mass is 9.98. The number of aromatic amines is 1. The fourth-order valence-electron chi connectivity index (χ4n) is 3.61. The van der Waals surface area contributed by atoms with Crippen LogP contribution in [0.5, 0.6) is 0 Å². The summed E-state index contributed by atoms with van der Waals surface area (Å²) in [5.41, 5.74) is 3.48. The van der Waals surface area contributed by atoms with Crippen LogP contribution in [0.1, 0.15) is 34.5 Å². The molecule has 2 N–H and O–H groups in total. The maximum Gasteiger partial charge on any atom is 0.318 e. The van der Waals surface area contributed by atoms with E-state index in [1.54, 1.807) is 24.7 Å². The number of hydrogen-bond donors (Lipinski definition) is 2. The Balaban J connectivity index is 0.00000240. The van der Waals surface area contributed by atoms with Crippen molar-refractivity contribution < 1.29 is 4.79 Å². The van der Waals surface area contributed by atoms with Gasteiger partial charge in [-0.05, 0) is 41.8 Å². The Morgan fingerprint density at radius 1 is 1.28 bits per heavy atom. The Labute approximate surface area is 179 Å². The molecule has 0 aliphatic carbocycles. The summed E-state index contributed by atoms with van der Waals surface area (Å²) >= 11 is 6.18. The summed E-state index contributed by atoms with van der Waals surface area (Å²) in [7, 11) is 0. The maximum absolute atomic E-state index is 12.8. The minimum absolute atomic E-state index is 0. The van der Waals surface area contributed by atoms with Crippen LogP contribution in [0, 0.1) is 11.3 Å². The standard InChI is InChI=1S/C21H18ClN5O.ClH/c22-17-3-1-2-16(9-17)20-12-25-21(28)27(20)19(18-11-24-13-26-18)8-14-4-6-15(10-23)7-5-14;/h1-7,9,11,13,19-20H,8,12H2,(H,24,26)(H,25,28);1H. The Kier molecular flexibility index (Phi) is 6.42. The second-order valence-corrected chi connectivity index (χ2v) is 7.14. The first-order chi connectivity index (χ1) is 13.7. The lowest BCUT2D eigenvalue weighted by Crippen LogP contribution is -2.35. The van der Waals surface area contributed by atoms with Gasteiger partial charge in [-0.2, -0.15) is 5.26 Å². The van der Waals surface area contributed by atoms with Crippen molar-refractivity contribution in [1.82, 2.24) is 20.2 Å². The van der Waals surface area contributed by atoms with Crippen LogP contribution in [-0.2, 0) is 6.42 Å². The van der Waals surface area contributed by atoms with E-state index in [-0.39, 0.29) is 30.5 Å². The van der Waals surface area contributed by atoms with Crippen LogP contribution in [0.4, 0.5) is 4.79 Å². The van der Waals surface area contributed by atoms with Crippen LogP contribution in [-0.4, -0.2) is 27.4 Å². The first-order valence-electron chi connectivity index (χ1n) is 8.94. The normalized spacial score (nSPS) is 16.6. The number of nitrogens with zero attached hydrogens (tertiary/aromatic N) is 3. The SMILES string of the molecule is Cl.N#Cc1ccc(CC(c2cnc[nH]2)N2C(=O)NCC2c2cccc(Cl)c2)cc1. The van der Waals surface area contributed by atoms with Crippen molar-refractivity contribution in [3.8, 4) is 6.07 Å². The van der Waals surface area contributed by atoms with Crippen molar-refractivity contribution in [3.63, 3.8) is 0 Å². The van der Waals surface area contributed by atoms with E-state index in [0.29, 0.717) is 23.6 Å². The van der Waals surface area contributed by atoms with Gasteiger partial charge in [-0.15, -0.1) is 12.4 Å². The summed E-state index contributed by atoms with van der Waals surface area (Å²) in [5.74, 6) is 0. The number of imidazole rings is 1. The third-order valence-corrected chi connectivity index (χ3v) is 5.21. The molecule has 4 rings (SSSR count). The second-order valence-electron chi connectivity index (χ2n) is 6.70. The highest BCUT2D eigenvalue weighted by Gasteiger charge is 2.38. The van der Waals surface area contributed by atoms with Gasteiger partial charge in [0.2, 0.25) is 0 Å². The van der Waals surface area contributed by atoms with Gasteiger partial charge < -0.3 is 15.2 Å². The van der Waals surface area contributed by atoms with Crippen molar-refractivity contribution in [1.29, 1.82) is 5.26 Å². The van der Waals surface area contributed by atoms with Crippen molar-refractivity contribution in [3.05, 3.63) is 88.5 Å². The Bertz CT molecular complexity index is 1010. The molecule has 148 valence electrons. The number of benzene rings is 2. The molecule has 2 amide bonds. The minimum Gasteiger partial charge on any atom is -0.347 e. The Hall–Kier alpha value is -3.01. The van der Waals surface area contributed by atoms with E-state index in [0.717, 1.165) is 16.8 Å². The topological polar surface area (TPSA) is 84.8 Å². The summed E-state index contributed by atoms with van der Waals surface area (Å²) in [6, 6.07) is 16.6. The lowest BCUT2D eigenvalue weighted by molar-refractivity contribution is 0.173. The largest absolute Gasteiger partial charge is 0.347 e. The molecule has 3 aromatic rings. The molecule has 0 radical (unpaired) electrons. The predicted octanol–water partition coefficient (Wildman–Crippen LogP) is 4.41. The fourth-order valence-corrected chi connectivity index (χ4v) is 3.81. The van der Waals surface area contributed by atoms with Crippen molar-refractivity contribution in [2.45, 2.75) is 18.5 Å². The van der Waals surface area contributed by atoms with Gasteiger partial charge in [0.1, 0.15) is 0 Å². The van der Waals surface area contributed by atoms with Gasteiger partial charge in [-0.25, -0.2) is 9.78 Å². The molecule has 1 aliphatic heterocycles. The first-order valence-corrected chi connectivity index (χ1v) is 9.32. The summed E-state index contributed by atoms with van der Waals surface area (Å²) < 4.78 is 0. The van der Waals surface area contributed by atoms with Crippen LogP contribution >= 0.6 is 24.0 Å². The molecule has 2 atom stereocenters. The molecule has 1 aliphatic rings. The number of rotatable bonds is 5. The number of urea groups is 1. The van der Waals surface area contributed by atoms with Crippen molar-refractivity contribution >= 4 is 30.0 Å². The molecule has 1 aromatic heterocycles. The quantitative estimate of drug-likeness (QED) is 0.632. The number of amides is 2. The molecule has 2 heterocycles. The molecule has 1 fully saturated rings. The van der Waals surface area contributed by atoms with Gasteiger partial charge >= 0.3 is 6.03 Å². The maximum atomic E-state index is 12.8. The predicted molar refractivity (Wildman–Crippen MR) is 113 cm³/mol. The van der Waals surface area contributed by atoms with Crippen LogP contribution in [0.3, 0.4) is 0 Å². The van der Waals surface area contributed by atoms with E-state index in [1.165, 1.54) is 0 Å². The van der Waals surface area contributed by atoms with E-state index in [1.807, 2.05) is 41.3 Å². The summed E-state index contributed by atoms with van der Waals surface area (Å²) in [6.07, 6.45) is 3.96. The van der Waals surface area contributed by atoms with Gasteiger partial charge in [0.05, 0.1) is 41.9 Å². The number of H-pyrrole nitrogens is 1. The molecule has 1 saturated heterocycles. The van der Waals surface area contributed by atoms with E-state index >= 15 is 0 Å². The number of halogens is 2. The highest BCUT2D eigenvalue weighted by atomic mass is 35.5. The molecule has 6 nitrogen and oxygen atoms in total. The Morgan fingerprint density at radius 2 is 2.07 bits per heavy atom. The van der Waals surface area contributed by atoms with E-state index in [9.17, 15) is 4.79 Å². The van der Waals surface area contributed by atoms with Crippen LogP contribution in [0.25, 0.3) is 0 Å². The zero-order valence-electron chi connectivity index (χ0n) is 15.4. The molecule has 2 aromatic carbocycles. The fraction of sp³-hybridized carbons (Fsp3) is 0.190. The zero-order valence-corrected chi connectivity index (χ0v) is 17.0. The molecule has 29 heavy (non-hydrogen) atoms. The molecular weight excluding hydrogens is 409 g/mol. The number of hydrogen-bond acceptors (Lipinski definition) is 3. The van der Waals surface area contributed by atoms with Crippen molar-refractivity contribution in [2.24, 2.45) is 0 Å². The molecule has 2 unspecified atom stereocenters. The van der Waals surface area contributed by atoms with Crippen LogP contribution in [0.15, 0.2) is 61.1 Å². The summed E-state index contributed by atoms with van der Waals surface area (Å²) in [4.78, 5) is 21.9. The highest BCUT2D eigenvalue weighted by Crippen LogP contribution is 2.35. The van der Waals surface area contributed by atoms with E-state index in [2.05, 4.69) is 21.4 Å². The van der Waals surface area contributed by atoms with Gasteiger partial charge in [0, 0.05) is 11.6 Å². The summed E-state index contributed by atoms with van der Waals surface area (Å²) in [5, 5.41) is 12.6. The van der Waals surface area contributed by atoms with Gasteiger partial charge in [0.25, 0.3) is 0 Å². The number of carbonyl (C=O) groups is 1. The summed E-state index contributed by atoms with van der Waals surface area (Å²) in [6.45, 7) is 0.511. The average Bonchev–Trinajstić information content (AvgIpc) is 3.37.